The van der Waals surface area contributed by atoms with E-state index in [9.17, 15) is 15.0 Å². The van der Waals surface area contributed by atoms with Crippen molar-refractivity contribution in [1.82, 2.24) is 5.32 Å². The Balaban J connectivity index is 3.49. The van der Waals surface area contributed by atoms with Gasteiger partial charge >= 0.3 is 0 Å². The lowest BCUT2D eigenvalue weighted by Gasteiger charge is -2.22. The third kappa shape index (κ3) is 45.3. The van der Waals surface area contributed by atoms with E-state index >= 15 is 0 Å². The summed E-state index contributed by atoms with van der Waals surface area (Å²) in [4.78, 5) is 12.5. The highest BCUT2D eigenvalue weighted by atomic mass is 16.3. The minimum absolute atomic E-state index is 0.0348. The van der Waals surface area contributed by atoms with Gasteiger partial charge in [-0.2, -0.15) is 0 Å². The fourth-order valence-corrected chi connectivity index (χ4v) is 7.77. The first-order valence-corrected chi connectivity index (χ1v) is 25.3. The molecule has 0 heterocycles. The molecule has 4 nitrogen and oxygen atoms in total. The Morgan fingerprint density at radius 2 is 0.772 bits per heavy atom. The molecule has 0 aliphatic heterocycles. The van der Waals surface area contributed by atoms with Crippen LogP contribution in [0.4, 0.5) is 0 Å². The molecule has 0 aromatic heterocycles. The van der Waals surface area contributed by atoms with Gasteiger partial charge in [-0.05, 0) is 51.4 Å². The van der Waals surface area contributed by atoms with E-state index in [4.69, 9.17) is 0 Å². The molecule has 2 atom stereocenters. The Morgan fingerprint density at radius 3 is 1.16 bits per heavy atom. The van der Waals surface area contributed by atoms with Crippen molar-refractivity contribution in [3.63, 3.8) is 0 Å². The van der Waals surface area contributed by atoms with Crippen LogP contribution in [0.15, 0.2) is 48.6 Å². The summed E-state index contributed by atoms with van der Waals surface area (Å²) < 4.78 is 0. The Kier molecular flexibility index (Phi) is 47.3. The lowest BCUT2D eigenvalue weighted by atomic mass is 10.0. The average Bonchev–Trinajstić information content (AvgIpc) is 3.22. The Bertz CT molecular complexity index is 908. The molecule has 0 aromatic carbocycles. The van der Waals surface area contributed by atoms with Crippen molar-refractivity contribution in [2.45, 2.75) is 276 Å². The number of amides is 1. The fraction of sp³-hybridized carbons (Fsp3) is 0.830. The molecule has 0 aromatic rings. The molecule has 0 bridgehead atoms. The summed E-state index contributed by atoms with van der Waals surface area (Å²) in [7, 11) is 0. The summed E-state index contributed by atoms with van der Waals surface area (Å²) in [5, 5.41) is 23.3. The van der Waals surface area contributed by atoms with Gasteiger partial charge in [-0.1, -0.05) is 255 Å². The maximum atomic E-state index is 12.5. The number of nitrogens with one attached hydrogen (secondary N) is 1. The molecular weight excluding hydrogens is 699 g/mol. The molecule has 0 fully saturated rings. The lowest BCUT2D eigenvalue weighted by Crippen LogP contribution is -2.45. The van der Waals surface area contributed by atoms with Crippen molar-refractivity contribution in [3.8, 4) is 0 Å². The number of carbonyl (C=O) groups is 1. The highest BCUT2D eigenvalue weighted by molar-refractivity contribution is 5.76. The van der Waals surface area contributed by atoms with E-state index in [1.807, 2.05) is 0 Å². The van der Waals surface area contributed by atoms with Gasteiger partial charge in [0.05, 0.1) is 18.8 Å². The first-order valence-electron chi connectivity index (χ1n) is 25.3. The number of hydrogen-bond acceptors (Lipinski definition) is 3. The monoisotopic (exact) mass is 798 g/mol. The lowest BCUT2D eigenvalue weighted by molar-refractivity contribution is -0.123. The normalized spacial score (nSPS) is 13.3. The molecule has 0 radical (unpaired) electrons. The Hall–Kier alpha value is -1.65. The molecule has 2 unspecified atom stereocenters. The molecule has 0 saturated heterocycles. The van der Waals surface area contributed by atoms with Crippen molar-refractivity contribution in [2.75, 3.05) is 6.61 Å². The van der Waals surface area contributed by atoms with Crippen LogP contribution in [0.5, 0.6) is 0 Å². The maximum absolute atomic E-state index is 12.5. The van der Waals surface area contributed by atoms with E-state index < -0.39 is 12.1 Å². The number of rotatable bonds is 46. The summed E-state index contributed by atoms with van der Waals surface area (Å²) in [5.41, 5.74) is 0. The predicted octanol–water partition coefficient (Wildman–Crippen LogP) is 16.3. The molecule has 0 saturated carbocycles. The van der Waals surface area contributed by atoms with E-state index in [2.05, 4.69) is 67.8 Å². The average molecular weight is 798 g/mol. The van der Waals surface area contributed by atoms with Gasteiger partial charge in [-0.15, -0.1) is 0 Å². The van der Waals surface area contributed by atoms with Crippen molar-refractivity contribution >= 4 is 5.91 Å². The smallest absolute Gasteiger partial charge is 0.220 e. The van der Waals surface area contributed by atoms with Crippen LogP contribution in [-0.2, 0) is 4.79 Å². The first kappa shape index (κ1) is 55.4. The second-order valence-corrected chi connectivity index (χ2v) is 17.2. The van der Waals surface area contributed by atoms with Gasteiger partial charge in [0.15, 0.2) is 0 Å². The molecule has 4 heteroatoms. The van der Waals surface area contributed by atoms with E-state index in [-0.39, 0.29) is 12.5 Å². The minimum atomic E-state index is -0.663. The van der Waals surface area contributed by atoms with Gasteiger partial charge in [0.1, 0.15) is 0 Å². The van der Waals surface area contributed by atoms with Crippen LogP contribution in [0.3, 0.4) is 0 Å². The van der Waals surface area contributed by atoms with Gasteiger partial charge in [-0.25, -0.2) is 0 Å². The fourth-order valence-electron chi connectivity index (χ4n) is 7.77. The molecule has 0 aliphatic rings. The summed E-state index contributed by atoms with van der Waals surface area (Å²) in [6, 6.07) is -0.540. The van der Waals surface area contributed by atoms with Crippen molar-refractivity contribution in [2.24, 2.45) is 0 Å². The summed E-state index contributed by atoms with van der Waals surface area (Å²) in [6.45, 7) is 4.26. The zero-order valence-electron chi connectivity index (χ0n) is 38.4. The van der Waals surface area contributed by atoms with Gasteiger partial charge < -0.3 is 15.5 Å². The third-order valence-electron chi connectivity index (χ3n) is 11.6. The highest BCUT2D eigenvalue weighted by Gasteiger charge is 2.20. The SMILES string of the molecule is CC/C=C\C/C=C\C/C=C\C/C=C\CCCCCCCCCCCCC(=O)NC(CO)C(O)CCCCCCCCCCCCCCCCCCCCCCCC. The Morgan fingerprint density at radius 1 is 0.439 bits per heavy atom. The standard InChI is InChI=1S/C53H99NO3/c1-3-5-7-9-11-13-15-17-19-21-23-25-27-29-31-33-35-37-39-41-43-45-47-49-53(57)54-51(50-55)52(56)48-46-44-42-40-38-36-34-32-30-28-26-24-22-20-18-16-14-12-10-8-6-4-2/h5,7,11,13,17,19,23,25,51-52,55-56H,3-4,6,8-10,12,14-16,18,20-22,24,26-50H2,1-2H3,(H,54,57)/b7-5-,13-11-,19-17-,25-23-. The second-order valence-electron chi connectivity index (χ2n) is 17.2. The van der Waals surface area contributed by atoms with Gasteiger partial charge in [0.2, 0.25) is 5.91 Å². The zero-order chi connectivity index (χ0) is 41.4. The maximum Gasteiger partial charge on any atom is 0.220 e. The van der Waals surface area contributed by atoms with Crippen LogP contribution >= 0.6 is 0 Å². The molecule has 57 heavy (non-hydrogen) atoms. The van der Waals surface area contributed by atoms with Crippen LogP contribution < -0.4 is 5.32 Å². The zero-order valence-corrected chi connectivity index (χ0v) is 38.4. The number of hydrogen-bond donors (Lipinski definition) is 3. The molecule has 1 amide bonds. The number of allylic oxidation sites excluding steroid dienone is 8. The van der Waals surface area contributed by atoms with Crippen LogP contribution in [0.1, 0.15) is 264 Å². The topological polar surface area (TPSA) is 69.6 Å². The third-order valence-corrected chi connectivity index (χ3v) is 11.6. The Labute approximate surface area is 356 Å². The van der Waals surface area contributed by atoms with E-state index in [0.29, 0.717) is 12.8 Å². The quantitative estimate of drug-likeness (QED) is 0.0424. The van der Waals surface area contributed by atoms with Crippen molar-refractivity contribution in [1.29, 1.82) is 0 Å². The summed E-state index contributed by atoms with van der Waals surface area (Å²) in [5.74, 6) is -0.0348. The number of aliphatic hydroxyl groups excluding tert-OH is 2. The van der Waals surface area contributed by atoms with E-state index in [1.165, 1.54) is 186 Å². The molecule has 334 valence electrons. The summed E-state index contributed by atoms with van der Waals surface area (Å²) in [6.07, 6.45) is 66.4. The van der Waals surface area contributed by atoms with Crippen LogP contribution in [0.25, 0.3) is 0 Å². The largest absolute Gasteiger partial charge is 0.394 e. The first-order chi connectivity index (χ1) is 28.2. The number of aliphatic hydroxyl groups is 2. The predicted molar refractivity (Wildman–Crippen MR) is 253 cm³/mol. The van der Waals surface area contributed by atoms with Crippen molar-refractivity contribution in [3.05, 3.63) is 48.6 Å². The van der Waals surface area contributed by atoms with Crippen LogP contribution in [0.2, 0.25) is 0 Å². The highest BCUT2D eigenvalue weighted by Crippen LogP contribution is 2.17. The molecule has 0 spiro atoms. The molecule has 0 rings (SSSR count). The molecular formula is C53H99NO3. The second kappa shape index (κ2) is 48.7. The minimum Gasteiger partial charge on any atom is -0.394 e. The molecule has 0 aliphatic carbocycles. The number of carbonyl (C=O) groups excluding carboxylic acids is 1. The van der Waals surface area contributed by atoms with Gasteiger partial charge in [-0.3, -0.25) is 4.79 Å². The van der Waals surface area contributed by atoms with Gasteiger partial charge in [0, 0.05) is 6.42 Å². The van der Waals surface area contributed by atoms with E-state index in [1.54, 1.807) is 0 Å². The van der Waals surface area contributed by atoms with Crippen molar-refractivity contribution < 1.29 is 15.0 Å². The van der Waals surface area contributed by atoms with E-state index in [0.717, 1.165) is 51.4 Å². The molecule has 3 N–H and O–H groups in total. The van der Waals surface area contributed by atoms with Gasteiger partial charge in [0.25, 0.3) is 0 Å². The number of unbranched alkanes of at least 4 members (excludes halogenated alkanes) is 31. The van der Waals surface area contributed by atoms with Crippen LogP contribution in [-0.4, -0.2) is 34.9 Å². The summed E-state index contributed by atoms with van der Waals surface area (Å²) >= 11 is 0. The van der Waals surface area contributed by atoms with Crippen LogP contribution in [0, 0.1) is 0 Å².